The van der Waals surface area contributed by atoms with Crippen LogP contribution in [0.4, 0.5) is 0 Å². The fourth-order valence-electron chi connectivity index (χ4n) is 2.41. The van der Waals surface area contributed by atoms with Crippen LogP contribution in [0.2, 0.25) is 0 Å². The summed E-state index contributed by atoms with van der Waals surface area (Å²) in [6, 6.07) is -0.0845. The van der Waals surface area contributed by atoms with Crippen molar-refractivity contribution in [3.63, 3.8) is 0 Å². The minimum atomic E-state index is -0.503. The first-order valence-corrected chi connectivity index (χ1v) is 6.88. The molecule has 0 N–H and O–H groups in total. The van der Waals surface area contributed by atoms with Gasteiger partial charge in [-0.15, -0.1) is 11.6 Å². The van der Waals surface area contributed by atoms with Gasteiger partial charge in [-0.05, 0) is 32.6 Å². The van der Waals surface area contributed by atoms with E-state index in [-0.39, 0.29) is 11.9 Å². The van der Waals surface area contributed by atoms with E-state index in [1.807, 2.05) is 0 Å². The maximum absolute atomic E-state index is 12.0. The van der Waals surface area contributed by atoms with Crippen molar-refractivity contribution >= 4 is 17.5 Å². The van der Waals surface area contributed by atoms with E-state index in [1.54, 1.807) is 11.8 Å². The van der Waals surface area contributed by atoms with Gasteiger partial charge in [0, 0.05) is 12.5 Å². The van der Waals surface area contributed by atoms with Crippen molar-refractivity contribution in [1.29, 1.82) is 0 Å². The van der Waals surface area contributed by atoms with Crippen LogP contribution < -0.4 is 0 Å². The molecule has 18 heavy (non-hydrogen) atoms. The van der Waals surface area contributed by atoms with Gasteiger partial charge >= 0.3 is 0 Å². The molecule has 6 heteroatoms. The number of hydrogen-bond donors (Lipinski definition) is 0. The van der Waals surface area contributed by atoms with Crippen molar-refractivity contribution < 1.29 is 9.32 Å². The second kappa shape index (κ2) is 4.53. The van der Waals surface area contributed by atoms with Gasteiger partial charge in [0.1, 0.15) is 11.4 Å². The Hall–Kier alpha value is -1.10. The minimum absolute atomic E-state index is 0.0506. The molecule has 1 amide bonds. The van der Waals surface area contributed by atoms with Gasteiger partial charge in [-0.25, -0.2) is 0 Å². The molecule has 1 aliphatic heterocycles. The number of halogens is 1. The highest BCUT2D eigenvalue weighted by molar-refractivity contribution is 6.30. The number of amides is 1. The van der Waals surface area contributed by atoms with Crippen LogP contribution in [0.3, 0.4) is 0 Å². The van der Waals surface area contributed by atoms with Gasteiger partial charge in [-0.1, -0.05) is 5.16 Å². The normalized spacial score (nSPS) is 25.4. The van der Waals surface area contributed by atoms with E-state index in [0.29, 0.717) is 11.8 Å². The van der Waals surface area contributed by atoms with Gasteiger partial charge in [0.2, 0.25) is 11.8 Å². The molecule has 0 spiro atoms. The lowest BCUT2D eigenvalue weighted by molar-refractivity contribution is -0.131. The van der Waals surface area contributed by atoms with E-state index in [4.69, 9.17) is 16.1 Å². The summed E-state index contributed by atoms with van der Waals surface area (Å²) in [6.45, 7) is 2.42. The maximum Gasteiger partial charge on any atom is 0.249 e. The highest BCUT2D eigenvalue weighted by Crippen LogP contribution is 2.39. The van der Waals surface area contributed by atoms with E-state index < -0.39 is 5.38 Å². The molecule has 2 heterocycles. The number of carbonyl (C=O) groups is 1. The third kappa shape index (κ3) is 2.11. The van der Waals surface area contributed by atoms with Crippen LogP contribution in [-0.2, 0) is 4.79 Å². The monoisotopic (exact) mass is 269 g/mol. The molecule has 0 aromatic carbocycles. The van der Waals surface area contributed by atoms with E-state index in [1.165, 1.54) is 0 Å². The van der Waals surface area contributed by atoms with Crippen molar-refractivity contribution in [1.82, 2.24) is 15.0 Å². The number of rotatable bonds is 3. The van der Waals surface area contributed by atoms with E-state index in [9.17, 15) is 4.79 Å². The van der Waals surface area contributed by atoms with Crippen molar-refractivity contribution in [3.05, 3.63) is 11.7 Å². The van der Waals surface area contributed by atoms with E-state index in [0.717, 1.165) is 38.1 Å². The van der Waals surface area contributed by atoms with Crippen molar-refractivity contribution in [3.8, 4) is 0 Å². The van der Waals surface area contributed by atoms with Gasteiger partial charge in [0.15, 0.2) is 5.82 Å². The lowest BCUT2D eigenvalue weighted by atomic mass is 10.2. The molecule has 3 rings (SSSR count). The zero-order chi connectivity index (χ0) is 12.7. The summed E-state index contributed by atoms with van der Waals surface area (Å²) >= 11 is 5.87. The molecule has 1 saturated heterocycles. The summed E-state index contributed by atoms with van der Waals surface area (Å²) < 4.78 is 5.31. The van der Waals surface area contributed by atoms with E-state index in [2.05, 4.69) is 10.1 Å². The summed E-state index contributed by atoms with van der Waals surface area (Å²) in [4.78, 5) is 18.2. The summed E-state index contributed by atoms with van der Waals surface area (Å²) in [6.07, 6.45) is 4.12. The summed E-state index contributed by atoms with van der Waals surface area (Å²) in [7, 11) is 0. The summed E-state index contributed by atoms with van der Waals surface area (Å²) in [5.41, 5.74) is 0. The first-order chi connectivity index (χ1) is 8.66. The Bertz CT molecular complexity index is 456. The lowest BCUT2D eigenvalue weighted by Crippen LogP contribution is -2.35. The van der Waals surface area contributed by atoms with Gasteiger partial charge < -0.3 is 9.42 Å². The molecular weight excluding hydrogens is 254 g/mol. The van der Waals surface area contributed by atoms with Crippen LogP contribution in [-0.4, -0.2) is 32.9 Å². The fraction of sp³-hybridized carbons (Fsp3) is 0.750. The largest absolute Gasteiger partial charge is 0.337 e. The molecule has 0 bridgehead atoms. The van der Waals surface area contributed by atoms with Crippen LogP contribution in [0, 0.1) is 0 Å². The highest BCUT2D eigenvalue weighted by atomic mass is 35.5. The maximum atomic E-state index is 12.0. The number of nitrogens with zero attached hydrogens (tertiary/aromatic N) is 3. The second-order valence-electron chi connectivity index (χ2n) is 5.07. The summed E-state index contributed by atoms with van der Waals surface area (Å²) in [5.74, 6) is 1.79. The molecule has 1 aromatic heterocycles. The third-order valence-electron chi connectivity index (χ3n) is 3.56. The highest BCUT2D eigenvalue weighted by Gasteiger charge is 2.37. The Balaban J connectivity index is 1.78. The zero-order valence-corrected chi connectivity index (χ0v) is 11.1. The number of carbonyl (C=O) groups excluding carboxylic acids is 1. The molecule has 2 aliphatic rings. The van der Waals surface area contributed by atoms with Crippen molar-refractivity contribution in [2.75, 3.05) is 6.54 Å². The second-order valence-corrected chi connectivity index (χ2v) is 5.73. The topological polar surface area (TPSA) is 59.2 Å². The van der Waals surface area contributed by atoms with Crippen LogP contribution in [0.25, 0.3) is 0 Å². The molecule has 2 fully saturated rings. The Morgan fingerprint density at radius 3 is 2.94 bits per heavy atom. The van der Waals surface area contributed by atoms with E-state index >= 15 is 0 Å². The molecular formula is C12H16ClN3O2. The van der Waals surface area contributed by atoms with Gasteiger partial charge in [-0.3, -0.25) is 4.79 Å². The Labute approximate surface area is 110 Å². The SMILES string of the molecule is CC(Cl)C(=O)N1CCCC1c1nc(C2CC2)no1. The van der Waals surface area contributed by atoms with Crippen molar-refractivity contribution in [2.24, 2.45) is 0 Å². The number of alkyl halides is 1. The molecule has 1 saturated carbocycles. The quantitative estimate of drug-likeness (QED) is 0.790. The zero-order valence-electron chi connectivity index (χ0n) is 10.3. The van der Waals surface area contributed by atoms with Crippen LogP contribution in [0.5, 0.6) is 0 Å². The lowest BCUT2D eigenvalue weighted by Gasteiger charge is -2.22. The molecule has 1 aliphatic carbocycles. The molecule has 98 valence electrons. The van der Waals surface area contributed by atoms with Gasteiger partial charge in [0.05, 0.1) is 0 Å². The first-order valence-electron chi connectivity index (χ1n) is 6.45. The molecule has 1 aromatic rings. The molecule has 5 nitrogen and oxygen atoms in total. The number of aromatic nitrogens is 2. The first kappa shape index (κ1) is 12.0. The average Bonchev–Trinajstić information content (AvgIpc) is 2.92. The smallest absolute Gasteiger partial charge is 0.249 e. The van der Waals surface area contributed by atoms with Crippen LogP contribution >= 0.6 is 11.6 Å². The van der Waals surface area contributed by atoms with Crippen molar-refractivity contribution in [2.45, 2.75) is 49.9 Å². The van der Waals surface area contributed by atoms with Gasteiger partial charge in [-0.2, -0.15) is 4.98 Å². The standard InChI is InChI=1S/C12H16ClN3O2/c1-7(13)12(17)16-6-2-3-9(16)11-14-10(15-18-11)8-4-5-8/h7-9H,2-6H2,1H3. The minimum Gasteiger partial charge on any atom is -0.337 e. The number of hydrogen-bond acceptors (Lipinski definition) is 4. The third-order valence-corrected chi connectivity index (χ3v) is 3.75. The summed E-state index contributed by atoms with van der Waals surface area (Å²) in [5, 5.41) is 3.50. The van der Waals surface area contributed by atoms with Crippen LogP contribution in [0.1, 0.15) is 56.3 Å². The number of likely N-dealkylation sites (tertiary alicyclic amines) is 1. The molecule has 2 atom stereocenters. The van der Waals surface area contributed by atoms with Crippen LogP contribution in [0.15, 0.2) is 4.52 Å². The molecule has 0 radical (unpaired) electrons. The molecule has 2 unspecified atom stereocenters. The predicted octanol–water partition coefficient (Wildman–Crippen LogP) is 2.24. The predicted molar refractivity (Wildman–Crippen MR) is 65.3 cm³/mol. The fourth-order valence-corrected chi connectivity index (χ4v) is 2.53. The van der Waals surface area contributed by atoms with Gasteiger partial charge in [0.25, 0.3) is 0 Å². The Morgan fingerprint density at radius 2 is 2.28 bits per heavy atom. The Kier molecular flexibility index (Phi) is 3.01. The Morgan fingerprint density at radius 1 is 1.50 bits per heavy atom. The average molecular weight is 270 g/mol.